The van der Waals surface area contributed by atoms with E-state index in [1.807, 2.05) is 37.3 Å². The van der Waals surface area contributed by atoms with Crippen LogP contribution in [0, 0.1) is 25.2 Å². The van der Waals surface area contributed by atoms with Gasteiger partial charge < -0.3 is 11.5 Å². The molecule has 0 amide bonds. The van der Waals surface area contributed by atoms with Crippen molar-refractivity contribution in [2.45, 2.75) is 13.8 Å². The van der Waals surface area contributed by atoms with Gasteiger partial charge in [0.15, 0.2) is 17.2 Å². The number of nitrogens with two attached hydrogens (primary N) is 2. The highest BCUT2D eigenvalue weighted by molar-refractivity contribution is 5.78. The molecule has 0 aliphatic carbocycles. The van der Waals surface area contributed by atoms with Crippen molar-refractivity contribution in [2.75, 3.05) is 11.5 Å². The van der Waals surface area contributed by atoms with Crippen molar-refractivity contribution in [3.05, 3.63) is 41.1 Å². The number of hydrogen-bond acceptors (Lipinski definition) is 7. The molecular formula is C15H14N8. The Morgan fingerprint density at radius 2 is 1.83 bits per heavy atom. The molecule has 0 aliphatic heterocycles. The van der Waals surface area contributed by atoms with Crippen molar-refractivity contribution in [3.63, 3.8) is 0 Å². The van der Waals surface area contributed by atoms with E-state index in [1.165, 1.54) is 4.52 Å². The average molecular weight is 306 g/mol. The SMILES string of the molecule is Cc1ccc(N=Nc2c(N)nn3c(N)c(C#N)c(C)nc23)cc1. The normalized spacial score (nSPS) is 11.2. The van der Waals surface area contributed by atoms with E-state index in [1.54, 1.807) is 6.92 Å². The molecule has 8 nitrogen and oxygen atoms in total. The Morgan fingerprint density at radius 1 is 1.13 bits per heavy atom. The van der Waals surface area contributed by atoms with E-state index in [2.05, 4.69) is 20.3 Å². The third kappa shape index (κ3) is 2.44. The van der Waals surface area contributed by atoms with Gasteiger partial charge in [0.25, 0.3) is 0 Å². The molecule has 0 spiro atoms. The van der Waals surface area contributed by atoms with E-state index in [0.29, 0.717) is 22.7 Å². The molecule has 0 aliphatic rings. The van der Waals surface area contributed by atoms with Gasteiger partial charge in [0.1, 0.15) is 17.5 Å². The lowest BCUT2D eigenvalue weighted by Crippen LogP contribution is -2.05. The third-order valence-electron chi connectivity index (χ3n) is 3.39. The van der Waals surface area contributed by atoms with Crippen LogP contribution in [0.15, 0.2) is 34.5 Å². The molecule has 0 fully saturated rings. The standard InChI is InChI=1S/C15H14N8/c1-8-3-5-10(6-4-8)20-21-12-13(17)22-23-14(18)11(7-16)9(2)19-15(12)23/h3-6H,18H2,1-2H3,(H2,17,22). The minimum absolute atomic E-state index is 0.148. The van der Waals surface area contributed by atoms with Crippen LogP contribution < -0.4 is 11.5 Å². The van der Waals surface area contributed by atoms with Crippen LogP contribution in [-0.4, -0.2) is 14.6 Å². The zero-order valence-electron chi connectivity index (χ0n) is 12.6. The van der Waals surface area contributed by atoms with Gasteiger partial charge in [0.2, 0.25) is 0 Å². The minimum atomic E-state index is 0.148. The molecule has 2 heterocycles. The number of nitriles is 1. The summed E-state index contributed by atoms with van der Waals surface area (Å²) >= 11 is 0. The summed E-state index contributed by atoms with van der Waals surface area (Å²) < 4.78 is 1.31. The first kappa shape index (κ1) is 14.5. The molecule has 0 saturated carbocycles. The van der Waals surface area contributed by atoms with E-state index in [-0.39, 0.29) is 17.2 Å². The van der Waals surface area contributed by atoms with Crippen molar-refractivity contribution in [1.82, 2.24) is 14.6 Å². The summed E-state index contributed by atoms with van der Waals surface area (Å²) in [6.45, 7) is 3.69. The highest BCUT2D eigenvalue weighted by Crippen LogP contribution is 2.31. The summed E-state index contributed by atoms with van der Waals surface area (Å²) in [5, 5.41) is 21.5. The number of azo groups is 1. The fourth-order valence-electron chi connectivity index (χ4n) is 2.14. The Hall–Kier alpha value is -3.47. The number of rotatable bonds is 2. The van der Waals surface area contributed by atoms with Crippen molar-refractivity contribution in [2.24, 2.45) is 10.2 Å². The summed E-state index contributed by atoms with van der Waals surface area (Å²) in [6.07, 6.45) is 0. The molecule has 4 N–H and O–H groups in total. The number of nitrogen functional groups attached to an aromatic ring is 2. The lowest BCUT2D eigenvalue weighted by Gasteiger charge is -2.03. The van der Waals surface area contributed by atoms with E-state index in [9.17, 15) is 0 Å². The molecular weight excluding hydrogens is 292 g/mol. The smallest absolute Gasteiger partial charge is 0.187 e. The predicted molar refractivity (Wildman–Crippen MR) is 86.6 cm³/mol. The largest absolute Gasteiger partial charge is 0.382 e. The van der Waals surface area contributed by atoms with Crippen molar-refractivity contribution in [1.29, 1.82) is 5.26 Å². The van der Waals surface area contributed by atoms with E-state index >= 15 is 0 Å². The Bertz CT molecular complexity index is 960. The monoisotopic (exact) mass is 306 g/mol. The van der Waals surface area contributed by atoms with Gasteiger partial charge in [-0.2, -0.15) is 14.9 Å². The number of nitrogens with zero attached hydrogens (tertiary/aromatic N) is 6. The van der Waals surface area contributed by atoms with Gasteiger partial charge in [0.05, 0.1) is 11.4 Å². The van der Waals surface area contributed by atoms with E-state index in [4.69, 9.17) is 16.7 Å². The van der Waals surface area contributed by atoms with Crippen molar-refractivity contribution in [3.8, 4) is 6.07 Å². The fourth-order valence-corrected chi connectivity index (χ4v) is 2.14. The highest BCUT2D eigenvalue weighted by Gasteiger charge is 2.17. The van der Waals surface area contributed by atoms with Gasteiger partial charge in [-0.3, -0.25) is 0 Å². The van der Waals surface area contributed by atoms with Crippen LogP contribution in [0.4, 0.5) is 23.0 Å². The Balaban J connectivity index is 2.13. The predicted octanol–water partition coefficient (Wildman–Crippen LogP) is 2.80. The van der Waals surface area contributed by atoms with Crippen LogP contribution in [0.5, 0.6) is 0 Å². The quantitative estimate of drug-likeness (QED) is 0.703. The fraction of sp³-hybridized carbons (Fsp3) is 0.133. The van der Waals surface area contributed by atoms with Crippen LogP contribution in [0.25, 0.3) is 5.65 Å². The first-order valence-corrected chi connectivity index (χ1v) is 6.84. The summed E-state index contributed by atoms with van der Waals surface area (Å²) in [5.41, 5.74) is 15.1. The zero-order chi connectivity index (χ0) is 16.6. The van der Waals surface area contributed by atoms with Crippen LogP contribution in [0.1, 0.15) is 16.8 Å². The minimum Gasteiger partial charge on any atom is -0.382 e. The van der Waals surface area contributed by atoms with Crippen LogP contribution in [0.2, 0.25) is 0 Å². The Kier molecular flexibility index (Phi) is 3.38. The number of anilines is 2. The van der Waals surface area contributed by atoms with Gasteiger partial charge >= 0.3 is 0 Å². The number of aromatic nitrogens is 3. The molecule has 114 valence electrons. The molecule has 2 aromatic heterocycles. The van der Waals surface area contributed by atoms with Gasteiger partial charge in [-0.15, -0.1) is 10.2 Å². The van der Waals surface area contributed by atoms with Gasteiger partial charge in [-0.05, 0) is 26.0 Å². The summed E-state index contributed by atoms with van der Waals surface area (Å²) in [5.74, 6) is 0.327. The Labute approximate surface area is 132 Å². The maximum absolute atomic E-state index is 9.12. The highest BCUT2D eigenvalue weighted by atomic mass is 15.3. The molecule has 8 heteroatoms. The van der Waals surface area contributed by atoms with Crippen LogP contribution in [0.3, 0.4) is 0 Å². The lowest BCUT2D eigenvalue weighted by molar-refractivity contribution is 0.942. The van der Waals surface area contributed by atoms with Gasteiger partial charge in [-0.1, -0.05) is 17.7 Å². The number of benzene rings is 1. The molecule has 0 saturated heterocycles. The lowest BCUT2D eigenvalue weighted by atomic mass is 10.2. The summed E-state index contributed by atoms with van der Waals surface area (Å²) in [4.78, 5) is 4.32. The molecule has 3 aromatic rings. The molecule has 0 unspecified atom stereocenters. The third-order valence-corrected chi connectivity index (χ3v) is 3.39. The van der Waals surface area contributed by atoms with E-state index < -0.39 is 0 Å². The maximum Gasteiger partial charge on any atom is 0.187 e. The number of aryl methyl sites for hydroxylation is 2. The first-order valence-electron chi connectivity index (χ1n) is 6.84. The molecule has 0 atom stereocenters. The summed E-state index contributed by atoms with van der Waals surface area (Å²) in [6, 6.07) is 9.58. The second kappa shape index (κ2) is 5.38. The number of hydrogen-bond donors (Lipinski definition) is 2. The molecule has 0 radical (unpaired) electrons. The van der Waals surface area contributed by atoms with Crippen molar-refractivity contribution >= 4 is 28.7 Å². The zero-order valence-corrected chi connectivity index (χ0v) is 12.6. The second-order valence-corrected chi connectivity index (χ2v) is 5.07. The van der Waals surface area contributed by atoms with Crippen LogP contribution in [-0.2, 0) is 0 Å². The van der Waals surface area contributed by atoms with Crippen molar-refractivity contribution < 1.29 is 0 Å². The molecule has 0 bridgehead atoms. The molecule has 23 heavy (non-hydrogen) atoms. The maximum atomic E-state index is 9.12. The average Bonchev–Trinajstić information content (AvgIpc) is 2.83. The second-order valence-electron chi connectivity index (χ2n) is 5.07. The Morgan fingerprint density at radius 3 is 2.48 bits per heavy atom. The number of fused-ring (bicyclic) bond motifs is 1. The molecule has 3 rings (SSSR count). The molecule has 1 aromatic carbocycles. The van der Waals surface area contributed by atoms with Crippen LogP contribution >= 0.6 is 0 Å². The van der Waals surface area contributed by atoms with Gasteiger partial charge in [0, 0.05) is 0 Å². The van der Waals surface area contributed by atoms with E-state index in [0.717, 1.165) is 5.56 Å². The van der Waals surface area contributed by atoms with Gasteiger partial charge in [-0.25, -0.2) is 4.98 Å². The summed E-state index contributed by atoms with van der Waals surface area (Å²) in [7, 11) is 0. The first-order chi connectivity index (χ1) is 11.0. The topological polar surface area (TPSA) is 131 Å².